The van der Waals surface area contributed by atoms with Crippen LogP contribution in [0.1, 0.15) is 16.7 Å². The minimum Gasteiger partial charge on any atom is -0.384 e. The zero-order chi connectivity index (χ0) is 11.5. The highest BCUT2D eigenvalue weighted by Gasteiger charge is 2.03. The molecule has 84 valence electrons. The Morgan fingerprint density at radius 1 is 0.765 bits per heavy atom. The van der Waals surface area contributed by atoms with Gasteiger partial charge in [0.25, 0.3) is 0 Å². The molecule has 0 atom stereocenters. The number of para-hydroxylation sites is 1. The summed E-state index contributed by atoms with van der Waals surface area (Å²) in [7, 11) is 0. The monoisotopic (exact) mass is 221 g/mol. The van der Waals surface area contributed by atoms with Gasteiger partial charge in [0.05, 0.1) is 0 Å². The van der Waals surface area contributed by atoms with E-state index in [1.165, 1.54) is 22.4 Å². The molecule has 0 fully saturated rings. The minimum absolute atomic E-state index is 0.982. The molecule has 0 spiro atoms. The molecule has 0 radical (unpaired) electrons. The maximum atomic E-state index is 3.49. The van der Waals surface area contributed by atoms with Crippen LogP contribution in [0.3, 0.4) is 0 Å². The molecule has 1 heterocycles. The standard InChI is InChI=1S/C16H15N/c1-2-6-14-11-12-17-16-8-4-3-7-15(16)10-9-13(14)5-1/h1-10,17H,11-12H2. The van der Waals surface area contributed by atoms with E-state index in [0.29, 0.717) is 0 Å². The Balaban J connectivity index is 2.06. The number of nitrogens with one attached hydrogen (secondary N) is 1. The fraction of sp³-hybridized carbons (Fsp3) is 0.125. The molecule has 0 bridgehead atoms. The Bertz CT molecular complexity index is 505. The SMILES string of the molecule is C1=Cc2ccccc2NCCc2ccccc21. The quantitative estimate of drug-likeness (QED) is 0.713. The van der Waals surface area contributed by atoms with E-state index in [1.807, 2.05) is 0 Å². The van der Waals surface area contributed by atoms with Gasteiger partial charge in [0.2, 0.25) is 0 Å². The van der Waals surface area contributed by atoms with E-state index in [-0.39, 0.29) is 0 Å². The molecule has 0 unspecified atom stereocenters. The van der Waals surface area contributed by atoms with E-state index in [1.54, 1.807) is 0 Å². The van der Waals surface area contributed by atoms with Gasteiger partial charge in [-0.2, -0.15) is 0 Å². The maximum Gasteiger partial charge on any atom is 0.0413 e. The van der Waals surface area contributed by atoms with Gasteiger partial charge < -0.3 is 5.32 Å². The second-order valence-corrected chi connectivity index (χ2v) is 4.30. The smallest absolute Gasteiger partial charge is 0.0413 e. The summed E-state index contributed by atoms with van der Waals surface area (Å²) >= 11 is 0. The van der Waals surface area contributed by atoms with Gasteiger partial charge in [0, 0.05) is 12.2 Å². The van der Waals surface area contributed by atoms with Gasteiger partial charge in [0.15, 0.2) is 0 Å². The van der Waals surface area contributed by atoms with Crippen LogP contribution in [0, 0.1) is 0 Å². The minimum atomic E-state index is 0.982. The zero-order valence-electron chi connectivity index (χ0n) is 9.69. The fourth-order valence-corrected chi connectivity index (χ4v) is 2.24. The van der Waals surface area contributed by atoms with Crippen LogP contribution in [-0.4, -0.2) is 6.54 Å². The van der Waals surface area contributed by atoms with Crippen molar-refractivity contribution >= 4 is 17.8 Å². The van der Waals surface area contributed by atoms with Crippen molar-refractivity contribution in [3.63, 3.8) is 0 Å². The Morgan fingerprint density at radius 3 is 2.41 bits per heavy atom. The lowest BCUT2D eigenvalue weighted by Gasteiger charge is -2.08. The number of anilines is 1. The molecule has 2 aromatic rings. The molecule has 1 aliphatic heterocycles. The molecule has 0 saturated heterocycles. The van der Waals surface area contributed by atoms with Gasteiger partial charge in [-0.1, -0.05) is 54.6 Å². The third-order valence-electron chi connectivity index (χ3n) is 3.17. The van der Waals surface area contributed by atoms with Crippen molar-refractivity contribution in [1.29, 1.82) is 0 Å². The largest absolute Gasteiger partial charge is 0.384 e. The summed E-state index contributed by atoms with van der Waals surface area (Å²) in [5.41, 5.74) is 5.20. The topological polar surface area (TPSA) is 12.0 Å². The molecule has 0 amide bonds. The predicted octanol–water partition coefficient (Wildman–Crippen LogP) is 3.83. The Morgan fingerprint density at radius 2 is 1.47 bits per heavy atom. The third kappa shape index (κ3) is 2.09. The summed E-state index contributed by atoms with van der Waals surface area (Å²) < 4.78 is 0. The van der Waals surface area contributed by atoms with E-state index in [0.717, 1.165) is 13.0 Å². The van der Waals surface area contributed by atoms with Crippen LogP contribution in [0.5, 0.6) is 0 Å². The van der Waals surface area contributed by atoms with Crippen molar-refractivity contribution in [3.8, 4) is 0 Å². The summed E-state index contributed by atoms with van der Waals surface area (Å²) in [4.78, 5) is 0. The van der Waals surface area contributed by atoms with Gasteiger partial charge in [-0.15, -0.1) is 0 Å². The highest BCUT2D eigenvalue weighted by molar-refractivity contribution is 5.78. The number of hydrogen-bond donors (Lipinski definition) is 1. The highest BCUT2D eigenvalue weighted by Crippen LogP contribution is 2.21. The van der Waals surface area contributed by atoms with Crippen molar-refractivity contribution in [1.82, 2.24) is 0 Å². The predicted molar refractivity (Wildman–Crippen MR) is 74.0 cm³/mol. The van der Waals surface area contributed by atoms with E-state index >= 15 is 0 Å². The molecule has 0 aliphatic carbocycles. The summed E-state index contributed by atoms with van der Waals surface area (Å²) in [5.74, 6) is 0. The third-order valence-corrected chi connectivity index (χ3v) is 3.17. The molecule has 17 heavy (non-hydrogen) atoms. The van der Waals surface area contributed by atoms with E-state index in [4.69, 9.17) is 0 Å². The van der Waals surface area contributed by atoms with Gasteiger partial charge in [-0.05, 0) is 29.2 Å². The van der Waals surface area contributed by atoms with Crippen molar-refractivity contribution in [3.05, 3.63) is 65.2 Å². The lowest BCUT2D eigenvalue weighted by molar-refractivity contribution is 1.02. The summed E-state index contributed by atoms with van der Waals surface area (Å²) in [6.45, 7) is 0.982. The van der Waals surface area contributed by atoms with E-state index in [9.17, 15) is 0 Å². The van der Waals surface area contributed by atoms with Crippen molar-refractivity contribution < 1.29 is 0 Å². The lowest BCUT2D eigenvalue weighted by Crippen LogP contribution is -2.05. The average Bonchev–Trinajstić information content (AvgIpc) is 2.47. The van der Waals surface area contributed by atoms with Crippen LogP contribution in [0.15, 0.2) is 48.5 Å². The first-order valence-corrected chi connectivity index (χ1v) is 6.02. The summed E-state index contributed by atoms with van der Waals surface area (Å²) in [6, 6.07) is 17.0. The molecular formula is C16H15N. The average molecular weight is 221 g/mol. The van der Waals surface area contributed by atoms with Crippen LogP contribution in [0.4, 0.5) is 5.69 Å². The summed E-state index contributed by atoms with van der Waals surface area (Å²) in [5, 5.41) is 3.49. The first kappa shape index (κ1) is 10.2. The van der Waals surface area contributed by atoms with E-state index in [2.05, 4.69) is 66.0 Å². The number of rotatable bonds is 0. The second-order valence-electron chi connectivity index (χ2n) is 4.30. The number of benzene rings is 2. The van der Waals surface area contributed by atoms with E-state index < -0.39 is 0 Å². The van der Waals surface area contributed by atoms with Crippen LogP contribution in [0.25, 0.3) is 12.2 Å². The van der Waals surface area contributed by atoms with Gasteiger partial charge in [0.1, 0.15) is 0 Å². The number of fused-ring (bicyclic) bond motifs is 2. The first-order chi connectivity index (χ1) is 8.43. The van der Waals surface area contributed by atoms with Crippen LogP contribution in [0.2, 0.25) is 0 Å². The summed E-state index contributed by atoms with van der Waals surface area (Å²) in [6.07, 6.45) is 5.46. The molecular weight excluding hydrogens is 206 g/mol. The Hall–Kier alpha value is -2.02. The van der Waals surface area contributed by atoms with Crippen molar-refractivity contribution in [2.24, 2.45) is 0 Å². The molecule has 0 aromatic heterocycles. The molecule has 2 aromatic carbocycles. The number of hydrogen-bond acceptors (Lipinski definition) is 1. The van der Waals surface area contributed by atoms with Crippen molar-refractivity contribution in [2.45, 2.75) is 6.42 Å². The van der Waals surface area contributed by atoms with Gasteiger partial charge in [-0.25, -0.2) is 0 Å². The van der Waals surface area contributed by atoms with Crippen LogP contribution < -0.4 is 5.32 Å². The maximum absolute atomic E-state index is 3.49. The van der Waals surface area contributed by atoms with Gasteiger partial charge >= 0.3 is 0 Å². The molecule has 0 saturated carbocycles. The highest BCUT2D eigenvalue weighted by atomic mass is 14.9. The molecule has 3 rings (SSSR count). The first-order valence-electron chi connectivity index (χ1n) is 6.02. The Kier molecular flexibility index (Phi) is 2.66. The molecule has 1 aliphatic rings. The molecule has 1 N–H and O–H groups in total. The lowest BCUT2D eigenvalue weighted by atomic mass is 10.0. The fourth-order valence-electron chi connectivity index (χ4n) is 2.24. The van der Waals surface area contributed by atoms with Crippen LogP contribution in [-0.2, 0) is 6.42 Å². The second kappa shape index (κ2) is 4.46. The molecule has 1 heteroatoms. The zero-order valence-corrected chi connectivity index (χ0v) is 9.69. The normalized spacial score (nSPS) is 13.6. The van der Waals surface area contributed by atoms with Gasteiger partial charge in [-0.3, -0.25) is 0 Å². The molecule has 1 nitrogen and oxygen atoms in total. The Labute approximate surface area is 102 Å². The van der Waals surface area contributed by atoms with Crippen molar-refractivity contribution in [2.75, 3.05) is 11.9 Å². The van der Waals surface area contributed by atoms with Crippen LogP contribution >= 0.6 is 0 Å².